The van der Waals surface area contributed by atoms with E-state index < -0.39 is 0 Å². The summed E-state index contributed by atoms with van der Waals surface area (Å²) in [5, 5.41) is 5.98. The third kappa shape index (κ3) is 2.54. The number of anilines is 1. The van der Waals surface area contributed by atoms with E-state index >= 15 is 0 Å². The van der Waals surface area contributed by atoms with Gasteiger partial charge in [-0.05, 0) is 36.9 Å². The van der Waals surface area contributed by atoms with Crippen molar-refractivity contribution in [1.82, 2.24) is 15.0 Å². The van der Waals surface area contributed by atoms with Gasteiger partial charge in [0.15, 0.2) is 0 Å². The molecule has 0 bridgehead atoms. The number of pyridine rings is 1. The molecule has 3 aromatic rings. The van der Waals surface area contributed by atoms with Crippen LogP contribution in [0.1, 0.15) is 4.88 Å². The van der Waals surface area contributed by atoms with Crippen LogP contribution >= 0.6 is 23.1 Å². The SMILES string of the molecule is CNc1nc(Sc2ccccn2)c2cc(C)sc2n1. The summed E-state index contributed by atoms with van der Waals surface area (Å²) in [5.41, 5.74) is 0. The molecule has 0 aliphatic heterocycles. The van der Waals surface area contributed by atoms with E-state index in [9.17, 15) is 0 Å². The Morgan fingerprint density at radius 2 is 2.16 bits per heavy atom. The molecule has 0 saturated heterocycles. The van der Waals surface area contributed by atoms with Crippen molar-refractivity contribution < 1.29 is 0 Å². The molecular formula is C13H12N4S2. The minimum absolute atomic E-state index is 0.646. The van der Waals surface area contributed by atoms with Gasteiger partial charge >= 0.3 is 0 Å². The predicted octanol–water partition coefficient (Wildman–Crippen LogP) is 3.59. The first-order chi connectivity index (χ1) is 9.26. The van der Waals surface area contributed by atoms with Gasteiger partial charge in [0.2, 0.25) is 5.95 Å². The summed E-state index contributed by atoms with van der Waals surface area (Å²) in [5.74, 6) is 0.646. The molecule has 0 radical (unpaired) electrons. The molecule has 0 aromatic carbocycles. The molecule has 0 aliphatic carbocycles. The zero-order chi connectivity index (χ0) is 13.2. The molecule has 0 fully saturated rings. The van der Waals surface area contributed by atoms with Crippen molar-refractivity contribution in [1.29, 1.82) is 0 Å². The van der Waals surface area contributed by atoms with Gasteiger partial charge in [-0.2, -0.15) is 0 Å². The van der Waals surface area contributed by atoms with E-state index in [1.54, 1.807) is 29.3 Å². The zero-order valence-corrected chi connectivity index (χ0v) is 12.2. The number of hydrogen-bond donors (Lipinski definition) is 1. The Bertz CT molecular complexity index is 709. The van der Waals surface area contributed by atoms with Crippen molar-refractivity contribution in [2.45, 2.75) is 17.0 Å². The van der Waals surface area contributed by atoms with E-state index in [1.165, 1.54) is 4.88 Å². The molecule has 0 aliphatic rings. The average Bonchev–Trinajstić information content (AvgIpc) is 2.80. The van der Waals surface area contributed by atoms with Crippen LogP contribution in [0.5, 0.6) is 0 Å². The number of hydrogen-bond acceptors (Lipinski definition) is 6. The van der Waals surface area contributed by atoms with Crippen LogP contribution in [0, 0.1) is 6.92 Å². The summed E-state index contributed by atoms with van der Waals surface area (Å²) in [6.07, 6.45) is 1.79. The standard InChI is InChI=1S/C13H12N4S2/c1-8-7-9-11(18-8)16-13(14-2)17-12(9)19-10-5-3-4-6-15-10/h3-7H,1-2H3,(H,14,16,17). The lowest BCUT2D eigenvalue weighted by Crippen LogP contribution is -1.97. The van der Waals surface area contributed by atoms with Crippen LogP contribution in [-0.2, 0) is 0 Å². The molecule has 19 heavy (non-hydrogen) atoms. The number of aryl methyl sites for hydroxylation is 1. The summed E-state index contributed by atoms with van der Waals surface area (Å²) in [7, 11) is 1.83. The third-order valence-corrected chi connectivity index (χ3v) is 4.44. The zero-order valence-electron chi connectivity index (χ0n) is 10.5. The molecule has 1 N–H and O–H groups in total. The molecule has 0 amide bonds. The van der Waals surface area contributed by atoms with Gasteiger partial charge in [-0.1, -0.05) is 6.07 Å². The van der Waals surface area contributed by atoms with Gasteiger partial charge in [-0.25, -0.2) is 15.0 Å². The highest BCUT2D eigenvalue weighted by atomic mass is 32.2. The van der Waals surface area contributed by atoms with Crippen molar-refractivity contribution in [2.75, 3.05) is 12.4 Å². The summed E-state index contributed by atoms with van der Waals surface area (Å²) >= 11 is 3.25. The molecule has 0 atom stereocenters. The molecule has 0 unspecified atom stereocenters. The van der Waals surface area contributed by atoms with Gasteiger partial charge in [0, 0.05) is 23.5 Å². The van der Waals surface area contributed by atoms with Crippen LogP contribution in [-0.4, -0.2) is 22.0 Å². The van der Waals surface area contributed by atoms with Crippen LogP contribution < -0.4 is 5.32 Å². The molecule has 3 rings (SSSR count). The van der Waals surface area contributed by atoms with E-state index in [2.05, 4.69) is 33.3 Å². The number of rotatable bonds is 3. The first-order valence-electron chi connectivity index (χ1n) is 5.81. The molecule has 0 spiro atoms. The second kappa shape index (κ2) is 5.14. The van der Waals surface area contributed by atoms with Crippen molar-refractivity contribution in [3.63, 3.8) is 0 Å². The third-order valence-electron chi connectivity index (χ3n) is 2.54. The van der Waals surface area contributed by atoms with Crippen LogP contribution in [0.15, 0.2) is 40.5 Å². The highest BCUT2D eigenvalue weighted by molar-refractivity contribution is 7.99. The summed E-state index contributed by atoms with van der Waals surface area (Å²) in [6, 6.07) is 8.00. The maximum Gasteiger partial charge on any atom is 0.224 e. The molecule has 96 valence electrons. The van der Waals surface area contributed by atoms with Crippen LogP contribution in [0.4, 0.5) is 5.95 Å². The van der Waals surface area contributed by atoms with E-state index in [4.69, 9.17) is 0 Å². The molecule has 0 saturated carbocycles. The molecule has 6 heteroatoms. The maximum absolute atomic E-state index is 4.54. The van der Waals surface area contributed by atoms with Gasteiger partial charge in [-0.3, -0.25) is 0 Å². The fourth-order valence-electron chi connectivity index (χ4n) is 1.71. The summed E-state index contributed by atoms with van der Waals surface area (Å²) < 4.78 is 0. The lowest BCUT2D eigenvalue weighted by atomic mass is 10.4. The van der Waals surface area contributed by atoms with Gasteiger partial charge in [0.05, 0.1) is 0 Å². The first kappa shape index (κ1) is 12.4. The van der Waals surface area contributed by atoms with Gasteiger partial charge in [0.25, 0.3) is 0 Å². The topological polar surface area (TPSA) is 50.7 Å². The second-order valence-corrected chi connectivity index (χ2v) is 6.19. The Morgan fingerprint density at radius 1 is 1.26 bits per heavy atom. The monoisotopic (exact) mass is 288 g/mol. The fraction of sp³-hybridized carbons (Fsp3) is 0.154. The van der Waals surface area contributed by atoms with Gasteiger partial charge in [0.1, 0.15) is 14.9 Å². The highest BCUT2D eigenvalue weighted by Gasteiger charge is 2.11. The minimum Gasteiger partial charge on any atom is -0.357 e. The van der Waals surface area contributed by atoms with Crippen molar-refractivity contribution in [2.24, 2.45) is 0 Å². The van der Waals surface area contributed by atoms with Crippen LogP contribution in [0.25, 0.3) is 10.2 Å². The largest absolute Gasteiger partial charge is 0.357 e. The first-order valence-corrected chi connectivity index (χ1v) is 7.44. The van der Waals surface area contributed by atoms with E-state index in [0.29, 0.717) is 5.95 Å². The number of aromatic nitrogens is 3. The van der Waals surface area contributed by atoms with Crippen LogP contribution in [0.2, 0.25) is 0 Å². The normalized spacial score (nSPS) is 10.8. The van der Waals surface area contributed by atoms with Crippen molar-refractivity contribution >= 4 is 39.3 Å². The lowest BCUT2D eigenvalue weighted by molar-refractivity contribution is 1.08. The Labute approximate surface area is 119 Å². The average molecular weight is 288 g/mol. The summed E-state index contributed by atoms with van der Waals surface area (Å²) in [6.45, 7) is 2.08. The molecule has 4 nitrogen and oxygen atoms in total. The maximum atomic E-state index is 4.54. The van der Waals surface area contributed by atoms with Crippen molar-refractivity contribution in [3.8, 4) is 0 Å². The summed E-state index contributed by atoms with van der Waals surface area (Å²) in [4.78, 5) is 15.6. The Balaban J connectivity index is 2.10. The number of nitrogens with zero attached hydrogens (tertiary/aromatic N) is 3. The predicted molar refractivity (Wildman–Crippen MR) is 80.1 cm³/mol. The van der Waals surface area contributed by atoms with Gasteiger partial charge in [-0.15, -0.1) is 11.3 Å². The van der Waals surface area contributed by atoms with Crippen LogP contribution in [0.3, 0.4) is 0 Å². The highest BCUT2D eigenvalue weighted by Crippen LogP contribution is 2.34. The van der Waals surface area contributed by atoms with E-state index in [-0.39, 0.29) is 0 Å². The minimum atomic E-state index is 0.646. The van der Waals surface area contributed by atoms with E-state index in [0.717, 1.165) is 20.3 Å². The number of fused-ring (bicyclic) bond motifs is 1. The fourth-order valence-corrected chi connectivity index (χ4v) is 3.51. The molecular weight excluding hydrogens is 276 g/mol. The lowest BCUT2D eigenvalue weighted by Gasteiger charge is -2.04. The smallest absolute Gasteiger partial charge is 0.224 e. The molecule has 3 aromatic heterocycles. The quantitative estimate of drug-likeness (QED) is 0.746. The Morgan fingerprint density at radius 3 is 2.89 bits per heavy atom. The van der Waals surface area contributed by atoms with Crippen molar-refractivity contribution in [3.05, 3.63) is 35.3 Å². The van der Waals surface area contributed by atoms with E-state index in [1.807, 2.05) is 25.2 Å². The Hall–Kier alpha value is -1.66. The molecule has 3 heterocycles. The van der Waals surface area contributed by atoms with Gasteiger partial charge < -0.3 is 5.32 Å². The Kier molecular flexibility index (Phi) is 3.35. The number of nitrogens with one attached hydrogen (secondary N) is 1. The number of thiophene rings is 1. The second-order valence-electron chi connectivity index (χ2n) is 3.95.